The molecule has 2 N–H and O–H groups in total. The van der Waals surface area contributed by atoms with E-state index in [2.05, 4.69) is 5.32 Å². The van der Waals surface area contributed by atoms with E-state index in [4.69, 9.17) is 9.84 Å². The van der Waals surface area contributed by atoms with Crippen molar-refractivity contribution in [2.75, 3.05) is 11.9 Å². The molecule has 136 valence electrons. The maximum Gasteiger partial charge on any atom is 0.303 e. The van der Waals surface area contributed by atoms with Crippen molar-refractivity contribution in [2.24, 2.45) is 5.92 Å². The molecular formula is C21H23NO4. The average molecular weight is 353 g/mol. The highest BCUT2D eigenvalue weighted by Gasteiger charge is 2.33. The molecule has 0 bridgehead atoms. The van der Waals surface area contributed by atoms with Crippen molar-refractivity contribution in [3.05, 3.63) is 65.7 Å². The summed E-state index contributed by atoms with van der Waals surface area (Å²) in [5.74, 6) is -1.08. The molecule has 2 aromatic rings. The lowest BCUT2D eigenvalue weighted by Gasteiger charge is -2.31. The van der Waals surface area contributed by atoms with Crippen LogP contribution < -0.4 is 5.32 Å². The van der Waals surface area contributed by atoms with Crippen LogP contribution in [0.25, 0.3) is 0 Å². The lowest BCUT2D eigenvalue weighted by Crippen LogP contribution is -2.33. The third kappa shape index (κ3) is 4.70. The van der Waals surface area contributed by atoms with Crippen LogP contribution >= 0.6 is 0 Å². The van der Waals surface area contributed by atoms with E-state index in [1.807, 2.05) is 54.6 Å². The van der Waals surface area contributed by atoms with Gasteiger partial charge in [-0.1, -0.05) is 42.5 Å². The zero-order chi connectivity index (χ0) is 18.4. The SMILES string of the molecule is O=C(O)CCc1ccc(NC(=O)C2CCCOC2c2ccccc2)cc1. The number of ether oxygens (including phenoxy) is 1. The molecule has 0 aromatic heterocycles. The van der Waals surface area contributed by atoms with E-state index in [9.17, 15) is 9.59 Å². The van der Waals surface area contributed by atoms with Gasteiger partial charge in [-0.25, -0.2) is 0 Å². The summed E-state index contributed by atoms with van der Waals surface area (Å²) in [4.78, 5) is 23.4. The Morgan fingerprint density at radius 3 is 2.50 bits per heavy atom. The predicted octanol–water partition coefficient (Wildman–Crippen LogP) is 3.81. The fraction of sp³-hybridized carbons (Fsp3) is 0.333. The van der Waals surface area contributed by atoms with Gasteiger partial charge in [-0.05, 0) is 42.5 Å². The van der Waals surface area contributed by atoms with Crippen molar-refractivity contribution in [1.29, 1.82) is 0 Å². The normalized spacial score (nSPS) is 19.7. The van der Waals surface area contributed by atoms with Crippen LogP contribution in [0, 0.1) is 5.92 Å². The zero-order valence-corrected chi connectivity index (χ0v) is 14.6. The molecule has 1 aliphatic rings. The molecule has 0 aliphatic carbocycles. The molecule has 1 fully saturated rings. The van der Waals surface area contributed by atoms with Crippen LogP contribution in [0.1, 0.15) is 36.5 Å². The van der Waals surface area contributed by atoms with Gasteiger partial charge in [-0.3, -0.25) is 9.59 Å². The number of rotatable bonds is 6. The summed E-state index contributed by atoms with van der Waals surface area (Å²) in [5, 5.41) is 11.7. The molecule has 1 amide bonds. The molecule has 2 aromatic carbocycles. The number of carbonyl (C=O) groups excluding carboxylic acids is 1. The molecule has 0 radical (unpaired) electrons. The van der Waals surface area contributed by atoms with E-state index in [1.165, 1.54) is 0 Å². The zero-order valence-electron chi connectivity index (χ0n) is 14.6. The molecule has 1 saturated heterocycles. The van der Waals surface area contributed by atoms with Crippen molar-refractivity contribution < 1.29 is 19.4 Å². The van der Waals surface area contributed by atoms with Gasteiger partial charge in [0.05, 0.1) is 12.0 Å². The first-order valence-corrected chi connectivity index (χ1v) is 8.91. The molecular weight excluding hydrogens is 330 g/mol. The molecule has 0 spiro atoms. The van der Waals surface area contributed by atoms with Crippen molar-refractivity contribution in [2.45, 2.75) is 31.8 Å². The number of aliphatic carboxylic acids is 1. The number of amides is 1. The van der Waals surface area contributed by atoms with Crippen LogP contribution in [-0.4, -0.2) is 23.6 Å². The monoisotopic (exact) mass is 353 g/mol. The maximum atomic E-state index is 12.8. The third-order valence-corrected chi connectivity index (χ3v) is 4.64. The lowest BCUT2D eigenvalue weighted by atomic mass is 9.88. The molecule has 3 rings (SSSR count). The van der Waals surface area contributed by atoms with Crippen molar-refractivity contribution in [3.8, 4) is 0 Å². The second-order valence-electron chi connectivity index (χ2n) is 6.53. The van der Waals surface area contributed by atoms with Gasteiger partial charge in [-0.2, -0.15) is 0 Å². The second kappa shape index (κ2) is 8.63. The van der Waals surface area contributed by atoms with Gasteiger partial charge in [0.2, 0.25) is 5.91 Å². The third-order valence-electron chi connectivity index (χ3n) is 4.64. The summed E-state index contributed by atoms with van der Waals surface area (Å²) in [6.07, 6.45) is 2.03. The van der Waals surface area contributed by atoms with Gasteiger partial charge in [-0.15, -0.1) is 0 Å². The quantitative estimate of drug-likeness (QED) is 0.828. The number of hydrogen-bond acceptors (Lipinski definition) is 3. The van der Waals surface area contributed by atoms with Crippen molar-refractivity contribution in [1.82, 2.24) is 0 Å². The number of benzene rings is 2. The molecule has 5 heteroatoms. The average Bonchev–Trinajstić information content (AvgIpc) is 2.68. The smallest absolute Gasteiger partial charge is 0.303 e. The fourth-order valence-electron chi connectivity index (χ4n) is 3.26. The first-order chi connectivity index (χ1) is 12.6. The van der Waals surface area contributed by atoms with Gasteiger partial charge >= 0.3 is 5.97 Å². The molecule has 2 atom stereocenters. The van der Waals surface area contributed by atoms with Gasteiger partial charge in [0.15, 0.2) is 0 Å². The summed E-state index contributed by atoms with van der Waals surface area (Å²) in [5.41, 5.74) is 2.68. The van der Waals surface area contributed by atoms with E-state index >= 15 is 0 Å². The maximum absolute atomic E-state index is 12.8. The second-order valence-corrected chi connectivity index (χ2v) is 6.53. The predicted molar refractivity (Wildman–Crippen MR) is 98.9 cm³/mol. The number of carboxylic acid groups (broad SMARTS) is 1. The molecule has 0 saturated carbocycles. The highest BCUT2D eigenvalue weighted by molar-refractivity contribution is 5.93. The largest absolute Gasteiger partial charge is 0.481 e. The number of nitrogens with one attached hydrogen (secondary N) is 1. The number of aryl methyl sites for hydroxylation is 1. The fourth-order valence-corrected chi connectivity index (χ4v) is 3.26. The summed E-state index contributed by atoms with van der Waals surface area (Å²) in [6, 6.07) is 17.2. The first-order valence-electron chi connectivity index (χ1n) is 8.91. The van der Waals surface area contributed by atoms with E-state index in [0.29, 0.717) is 18.7 Å². The molecule has 5 nitrogen and oxygen atoms in total. The van der Waals surface area contributed by atoms with Crippen LogP contribution in [0.2, 0.25) is 0 Å². The Hall–Kier alpha value is -2.66. The Labute approximate surface area is 153 Å². The van der Waals surface area contributed by atoms with Crippen LogP contribution in [-0.2, 0) is 20.7 Å². The number of carboxylic acids is 1. The molecule has 26 heavy (non-hydrogen) atoms. The summed E-state index contributed by atoms with van der Waals surface area (Å²) in [7, 11) is 0. The van der Waals surface area contributed by atoms with Gasteiger partial charge in [0.25, 0.3) is 0 Å². The van der Waals surface area contributed by atoms with E-state index < -0.39 is 5.97 Å². The van der Waals surface area contributed by atoms with Gasteiger partial charge < -0.3 is 15.2 Å². The van der Waals surface area contributed by atoms with Gasteiger partial charge in [0, 0.05) is 18.7 Å². The minimum Gasteiger partial charge on any atom is -0.481 e. The Morgan fingerprint density at radius 2 is 1.81 bits per heavy atom. The van der Waals surface area contributed by atoms with E-state index in [1.54, 1.807) is 0 Å². The highest BCUT2D eigenvalue weighted by Crippen LogP contribution is 2.34. The Balaban J connectivity index is 1.65. The van der Waals surface area contributed by atoms with E-state index in [-0.39, 0.29) is 24.3 Å². The molecule has 1 heterocycles. The highest BCUT2D eigenvalue weighted by atomic mass is 16.5. The van der Waals surface area contributed by atoms with Crippen LogP contribution in [0.3, 0.4) is 0 Å². The minimum atomic E-state index is -0.813. The summed E-state index contributed by atoms with van der Waals surface area (Å²) < 4.78 is 5.89. The Kier molecular flexibility index (Phi) is 6.02. The van der Waals surface area contributed by atoms with Crippen LogP contribution in [0.15, 0.2) is 54.6 Å². The number of carbonyl (C=O) groups is 2. The Bertz CT molecular complexity index is 742. The molecule has 2 unspecified atom stereocenters. The van der Waals surface area contributed by atoms with Crippen molar-refractivity contribution >= 4 is 17.6 Å². The topological polar surface area (TPSA) is 75.6 Å². The standard InChI is InChI=1S/C21H23NO4/c23-19(24)13-10-15-8-11-17(12-9-15)22-21(25)18-7-4-14-26-20(18)16-5-2-1-3-6-16/h1-3,5-6,8-9,11-12,18,20H,4,7,10,13-14H2,(H,22,25)(H,23,24). The first kappa shape index (κ1) is 18.1. The summed E-state index contributed by atoms with van der Waals surface area (Å²) in [6.45, 7) is 0.668. The van der Waals surface area contributed by atoms with Crippen LogP contribution in [0.5, 0.6) is 0 Å². The minimum absolute atomic E-state index is 0.0446. The number of anilines is 1. The number of hydrogen-bond donors (Lipinski definition) is 2. The van der Waals surface area contributed by atoms with E-state index in [0.717, 1.165) is 24.0 Å². The lowest BCUT2D eigenvalue weighted by molar-refractivity contribution is -0.137. The van der Waals surface area contributed by atoms with Gasteiger partial charge in [0.1, 0.15) is 0 Å². The van der Waals surface area contributed by atoms with Crippen LogP contribution in [0.4, 0.5) is 5.69 Å². The van der Waals surface area contributed by atoms with Crippen molar-refractivity contribution in [3.63, 3.8) is 0 Å². The molecule has 1 aliphatic heterocycles. The Morgan fingerprint density at radius 1 is 1.08 bits per heavy atom. The summed E-state index contributed by atoms with van der Waals surface area (Å²) >= 11 is 0.